The molecule has 27 heavy (non-hydrogen) atoms. The Kier molecular flexibility index (Phi) is 10.8. The van der Waals surface area contributed by atoms with E-state index >= 15 is 0 Å². The van der Waals surface area contributed by atoms with Gasteiger partial charge in [-0.2, -0.15) is 0 Å². The lowest BCUT2D eigenvalue weighted by atomic mass is 9.98. The van der Waals surface area contributed by atoms with Crippen LogP contribution in [0.1, 0.15) is 39.5 Å². The summed E-state index contributed by atoms with van der Waals surface area (Å²) in [5.74, 6) is 0.988. The highest BCUT2D eigenvalue weighted by Crippen LogP contribution is 2.17. The van der Waals surface area contributed by atoms with E-state index in [-0.39, 0.29) is 30.3 Å². The highest BCUT2D eigenvalue weighted by Gasteiger charge is 2.26. The van der Waals surface area contributed by atoms with Crippen LogP contribution in [0.15, 0.2) is 4.99 Å². The standard InChI is InChI=1S/C19H37N5O3/c1-6-15(7-2)18(26)24-11-8-16(9-12-24)22-19(20-10-13-27-5)21-14-17(25)23(3)4/h15-16H,6-14H2,1-5H3,(H2,20,21,22). The van der Waals surface area contributed by atoms with E-state index in [9.17, 15) is 9.59 Å². The number of nitrogens with zero attached hydrogens (tertiary/aromatic N) is 3. The van der Waals surface area contributed by atoms with Gasteiger partial charge in [-0.1, -0.05) is 13.8 Å². The van der Waals surface area contributed by atoms with Crippen molar-refractivity contribution in [1.82, 2.24) is 20.4 Å². The Morgan fingerprint density at radius 2 is 1.85 bits per heavy atom. The molecule has 0 aromatic carbocycles. The topological polar surface area (TPSA) is 86.3 Å². The fraction of sp³-hybridized carbons (Fsp3) is 0.842. The number of carbonyl (C=O) groups is 2. The Morgan fingerprint density at radius 1 is 1.22 bits per heavy atom. The van der Waals surface area contributed by atoms with Crippen molar-refractivity contribution in [3.63, 3.8) is 0 Å². The van der Waals surface area contributed by atoms with Crippen LogP contribution in [0.3, 0.4) is 0 Å². The van der Waals surface area contributed by atoms with Gasteiger partial charge in [0.2, 0.25) is 11.8 Å². The molecular weight excluding hydrogens is 346 g/mol. The molecule has 0 spiro atoms. The summed E-state index contributed by atoms with van der Waals surface area (Å²) in [4.78, 5) is 32.2. The Hall–Kier alpha value is -1.83. The van der Waals surface area contributed by atoms with Crippen molar-refractivity contribution in [1.29, 1.82) is 0 Å². The summed E-state index contributed by atoms with van der Waals surface area (Å²) in [5, 5.41) is 6.60. The largest absolute Gasteiger partial charge is 0.383 e. The van der Waals surface area contributed by atoms with Crippen LogP contribution in [0, 0.1) is 5.92 Å². The van der Waals surface area contributed by atoms with Gasteiger partial charge >= 0.3 is 0 Å². The fourth-order valence-electron chi connectivity index (χ4n) is 3.05. The second kappa shape index (κ2) is 12.5. The molecule has 0 aromatic heterocycles. The van der Waals surface area contributed by atoms with Crippen molar-refractivity contribution in [3.8, 4) is 0 Å². The van der Waals surface area contributed by atoms with Crippen molar-refractivity contribution < 1.29 is 14.3 Å². The minimum atomic E-state index is -0.0477. The summed E-state index contributed by atoms with van der Waals surface area (Å²) < 4.78 is 5.07. The Labute approximate surface area is 163 Å². The van der Waals surface area contributed by atoms with Crippen molar-refractivity contribution in [2.24, 2.45) is 10.9 Å². The van der Waals surface area contributed by atoms with Crippen LogP contribution in [-0.4, -0.2) is 87.6 Å². The van der Waals surface area contributed by atoms with Crippen LogP contribution < -0.4 is 10.6 Å². The lowest BCUT2D eigenvalue weighted by Crippen LogP contribution is -2.51. The fourth-order valence-corrected chi connectivity index (χ4v) is 3.05. The van der Waals surface area contributed by atoms with Crippen molar-refractivity contribution in [2.45, 2.75) is 45.6 Å². The molecule has 0 aromatic rings. The van der Waals surface area contributed by atoms with E-state index in [0.717, 1.165) is 38.8 Å². The first-order chi connectivity index (χ1) is 12.9. The zero-order chi connectivity index (χ0) is 20.2. The van der Waals surface area contributed by atoms with Crippen LogP contribution in [0.25, 0.3) is 0 Å². The molecule has 0 atom stereocenters. The highest BCUT2D eigenvalue weighted by molar-refractivity contribution is 5.85. The zero-order valence-corrected chi connectivity index (χ0v) is 17.6. The van der Waals surface area contributed by atoms with E-state index in [0.29, 0.717) is 19.1 Å². The van der Waals surface area contributed by atoms with Crippen molar-refractivity contribution >= 4 is 17.8 Å². The van der Waals surface area contributed by atoms with Crippen LogP contribution >= 0.6 is 0 Å². The molecule has 1 aliphatic rings. The second-order valence-corrected chi connectivity index (χ2v) is 7.13. The molecule has 0 radical (unpaired) electrons. The number of nitrogens with one attached hydrogen (secondary N) is 2. The van der Waals surface area contributed by atoms with E-state index in [4.69, 9.17) is 4.74 Å². The van der Waals surface area contributed by atoms with E-state index in [1.807, 2.05) is 4.90 Å². The maximum Gasteiger partial charge on any atom is 0.243 e. The molecule has 1 fully saturated rings. The molecule has 8 nitrogen and oxygen atoms in total. The molecule has 1 aliphatic heterocycles. The quantitative estimate of drug-likeness (QED) is 0.347. The lowest BCUT2D eigenvalue weighted by molar-refractivity contribution is -0.136. The van der Waals surface area contributed by atoms with E-state index in [2.05, 4.69) is 29.5 Å². The lowest BCUT2D eigenvalue weighted by Gasteiger charge is -2.35. The van der Waals surface area contributed by atoms with Crippen LogP contribution in [0.4, 0.5) is 0 Å². The third-order valence-electron chi connectivity index (χ3n) is 4.95. The van der Waals surface area contributed by atoms with Crippen molar-refractivity contribution in [2.75, 3.05) is 54.0 Å². The smallest absolute Gasteiger partial charge is 0.243 e. The van der Waals surface area contributed by atoms with E-state index in [1.165, 1.54) is 4.90 Å². The van der Waals surface area contributed by atoms with Gasteiger partial charge in [0.1, 0.15) is 6.54 Å². The summed E-state index contributed by atoms with van der Waals surface area (Å²) in [7, 11) is 5.08. The molecule has 156 valence electrons. The maximum absolute atomic E-state index is 12.5. The number of hydrogen-bond acceptors (Lipinski definition) is 4. The summed E-state index contributed by atoms with van der Waals surface area (Å²) in [6.07, 6.45) is 3.54. The predicted molar refractivity (Wildman–Crippen MR) is 108 cm³/mol. The molecular formula is C19H37N5O3. The molecule has 2 amide bonds. The normalized spacial score (nSPS) is 15.8. The molecule has 8 heteroatoms. The van der Waals surface area contributed by atoms with Crippen LogP contribution in [-0.2, 0) is 14.3 Å². The second-order valence-electron chi connectivity index (χ2n) is 7.13. The SMILES string of the molecule is CCC(CC)C(=O)N1CCC(NC(=NCC(=O)N(C)C)NCCOC)CC1. The average Bonchev–Trinajstić information content (AvgIpc) is 2.67. The first-order valence-corrected chi connectivity index (χ1v) is 9.95. The molecule has 0 aliphatic carbocycles. The molecule has 1 heterocycles. The monoisotopic (exact) mass is 383 g/mol. The first kappa shape index (κ1) is 23.2. The number of carbonyl (C=O) groups excluding carboxylic acids is 2. The van der Waals surface area contributed by atoms with Gasteiger partial charge in [0, 0.05) is 52.8 Å². The summed E-state index contributed by atoms with van der Waals surface area (Å²) in [6.45, 7) is 6.94. The maximum atomic E-state index is 12.5. The number of likely N-dealkylation sites (tertiary alicyclic amines) is 1. The van der Waals surface area contributed by atoms with Crippen molar-refractivity contribution in [3.05, 3.63) is 0 Å². The molecule has 0 unspecified atom stereocenters. The summed E-state index contributed by atoms with van der Waals surface area (Å²) in [5.41, 5.74) is 0. The molecule has 2 N–H and O–H groups in total. The molecule has 1 rings (SSSR count). The number of rotatable bonds is 9. The highest BCUT2D eigenvalue weighted by atomic mass is 16.5. The first-order valence-electron chi connectivity index (χ1n) is 9.95. The van der Waals surface area contributed by atoms with Gasteiger partial charge in [-0.05, 0) is 25.7 Å². The van der Waals surface area contributed by atoms with Gasteiger partial charge in [-0.15, -0.1) is 0 Å². The number of hydrogen-bond donors (Lipinski definition) is 2. The third kappa shape index (κ3) is 8.15. The van der Waals surface area contributed by atoms with Gasteiger partial charge in [0.25, 0.3) is 0 Å². The van der Waals surface area contributed by atoms with Gasteiger partial charge in [-0.3, -0.25) is 9.59 Å². The number of methoxy groups -OCH3 is 1. The van der Waals surface area contributed by atoms with E-state index in [1.54, 1.807) is 21.2 Å². The summed E-state index contributed by atoms with van der Waals surface area (Å²) >= 11 is 0. The third-order valence-corrected chi connectivity index (χ3v) is 4.95. The number of aliphatic imine (C=N–C) groups is 1. The minimum Gasteiger partial charge on any atom is -0.383 e. The Morgan fingerprint density at radius 3 is 2.37 bits per heavy atom. The molecule has 1 saturated heterocycles. The van der Waals surface area contributed by atoms with Crippen LogP contribution in [0.2, 0.25) is 0 Å². The predicted octanol–water partition coefficient (Wildman–Crippen LogP) is 0.683. The molecule has 0 bridgehead atoms. The van der Waals surface area contributed by atoms with E-state index < -0.39 is 0 Å². The minimum absolute atomic E-state index is 0.0477. The van der Waals surface area contributed by atoms with Gasteiger partial charge in [0.05, 0.1) is 6.61 Å². The number of piperidine rings is 1. The average molecular weight is 384 g/mol. The number of likely N-dealkylation sites (N-methyl/N-ethyl adjacent to an activating group) is 1. The van der Waals surface area contributed by atoms with Gasteiger partial charge in [-0.25, -0.2) is 4.99 Å². The van der Waals surface area contributed by atoms with Gasteiger partial charge in [0.15, 0.2) is 5.96 Å². The molecule has 0 saturated carbocycles. The van der Waals surface area contributed by atoms with Crippen LogP contribution in [0.5, 0.6) is 0 Å². The number of ether oxygens (including phenoxy) is 1. The number of guanidine groups is 1. The Balaban J connectivity index is 2.57. The number of amides is 2. The Bertz CT molecular complexity index is 484. The summed E-state index contributed by atoms with van der Waals surface area (Å²) in [6, 6.07) is 0.235. The van der Waals surface area contributed by atoms with Gasteiger partial charge < -0.3 is 25.2 Å². The zero-order valence-electron chi connectivity index (χ0n) is 17.6.